The lowest BCUT2D eigenvalue weighted by atomic mass is 9.92. The number of fused-ring (bicyclic) bond motifs is 1. The number of hydrogen-bond acceptors (Lipinski definition) is 7. The van der Waals surface area contributed by atoms with E-state index in [1.165, 1.54) is 16.3 Å². The van der Waals surface area contributed by atoms with Crippen molar-refractivity contribution in [2.24, 2.45) is 0 Å². The van der Waals surface area contributed by atoms with Crippen LogP contribution in [0.5, 0.6) is 0 Å². The lowest BCUT2D eigenvalue weighted by Gasteiger charge is -2.34. The molecule has 2 N–H and O–H groups in total. The zero-order chi connectivity index (χ0) is 24.6. The fraction of sp³-hybridized carbons (Fsp3) is 0.542. The molecule has 3 amide bonds. The maximum absolute atomic E-state index is 13.2. The average Bonchev–Trinajstić information content (AvgIpc) is 3.33. The quantitative estimate of drug-likeness (QED) is 0.434. The van der Waals surface area contributed by atoms with Crippen LogP contribution < -0.4 is 10.7 Å². The Morgan fingerprint density at radius 3 is 2.79 bits per heavy atom. The van der Waals surface area contributed by atoms with Crippen molar-refractivity contribution in [2.75, 3.05) is 6.54 Å². The van der Waals surface area contributed by atoms with Crippen LogP contribution in [0.25, 0.3) is 0 Å². The van der Waals surface area contributed by atoms with E-state index in [2.05, 4.69) is 20.7 Å². The van der Waals surface area contributed by atoms with Crippen LogP contribution >= 0.6 is 11.3 Å². The predicted octanol–water partition coefficient (Wildman–Crippen LogP) is 3.65. The summed E-state index contributed by atoms with van der Waals surface area (Å²) in [5.74, 6) is -0.393. The Kier molecular flexibility index (Phi) is 8.98. The second-order valence-corrected chi connectivity index (χ2v) is 10.3. The zero-order valence-electron chi connectivity index (χ0n) is 20.0. The molecule has 0 fully saturated rings. The number of hydrazine groups is 1. The maximum atomic E-state index is 13.2. The molecule has 0 aromatic carbocycles. The predicted molar refractivity (Wildman–Crippen MR) is 129 cm³/mol. The van der Waals surface area contributed by atoms with Gasteiger partial charge in [-0.3, -0.25) is 20.0 Å². The van der Waals surface area contributed by atoms with Crippen LogP contribution in [-0.2, 0) is 22.4 Å². The van der Waals surface area contributed by atoms with Crippen LogP contribution in [0.4, 0.5) is 4.79 Å². The number of carbonyl (C=O) groups excluding carboxylic acids is 3. The number of nitrogens with zero attached hydrogens (tertiary/aromatic N) is 3. The van der Waals surface area contributed by atoms with E-state index >= 15 is 0 Å². The normalized spacial score (nSPS) is 15.2. The summed E-state index contributed by atoms with van der Waals surface area (Å²) in [6.45, 7) is 5.94. The van der Waals surface area contributed by atoms with E-state index in [1.807, 2.05) is 32.2 Å². The van der Waals surface area contributed by atoms with Crippen LogP contribution in [0.3, 0.4) is 0 Å². The first-order valence-electron chi connectivity index (χ1n) is 11.6. The molecule has 0 radical (unpaired) electrons. The SMILES string of the molecule is CC(C)(C)OC(=O)NCCCCCC(=O)N(NC(=O)c1cccs1)C1CCc2ncncc2C1. The largest absolute Gasteiger partial charge is 0.444 e. The molecular weight excluding hydrogens is 454 g/mol. The molecule has 0 saturated heterocycles. The van der Waals surface area contributed by atoms with E-state index in [0.29, 0.717) is 30.7 Å². The number of ether oxygens (including phenoxy) is 1. The van der Waals surface area contributed by atoms with E-state index < -0.39 is 11.7 Å². The fourth-order valence-corrected chi connectivity index (χ4v) is 4.41. The average molecular weight is 488 g/mol. The molecule has 184 valence electrons. The monoisotopic (exact) mass is 487 g/mol. The first-order valence-corrected chi connectivity index (χ1v) is 12.5. The summed E-state index contributed by atoms with van der Waals surface area (Å²) in [6, 6.07) is 3.40. The summed E-state index contributed by atoms with van der Waals surface area (Å²) in [7, 11) is 0. The van der Waals surface area contributed by atoms with Crippen LogP contribution in [0.1, 0.15) is 73.8 Å². The maximum Gasteiger partial charge on any atom is 0.407 e. The molecule has 0 aliphatic heterocycles. The van der Waals surface area contributed by atoms with E-state index in [4.69, 9.17) is 4.74 Å². The highest BCUT2D eigenvalue weighted by Gasteiger charge is 2.30. The topological polar surface area (TPSA) is 114 Å². The van der Waals surface area contributed by atoms with Crippen molar-refractivity contribution in [3.05, 3.63) is 46.2 Å². The van der Waals surface area contributed by atoms with E-state index in [-0.39, 0.29) is 17.9 Å². The number of unbranched alkanes of at least 4 members (excludes halogenated alkanes) is 2. The summed E-state index contributed by atoms with van der Waals surface area (Å²) in [5, 5.41) is 6.07. The van der Waals surface area contributed by atoms with Gasteiger partial charge in [0.25, 0.3) is 5.91 Å². The molecule has 1 aliphatic carbocycles. The van der Waals surface area contributed by atoms with Crippen LogP contribution in [0.2, 0.25) is 0 Å². The van der Waals surface area contributed by atoms with Gasteiger partial charge in [-0.25, -0.2) is 14.8 Å². The van der Waals surface area contributed by atoms with Gasteiger partial charge in [0.2, 0.25) is 5.91 Å². The zero-order valence-corrected chi connectivity index (χ0v) is 20.8. The smallest absolute Gasteiger partial charge is 0.407 e. The Morgan fingerprint density at radius 1 is 1.24 bits per heavy atom. The third kappa shape index (κ3) is 7.79. The number of hydrogen-bond donors (Lipinski definition) is 2. The first kappa shape index (κ1) is 25.6. The third-order valence-corrected chi connectivity index (χ3v) is 6.26. The molecular formula is C24H33N5O4S. The lowest BCUT2D eigenvalue weighted by molar-refractivity contribution is -0.136. The van der Waals surface area contributed by atoms with Crippen molar-refractivity contribution >= 4 is 29.2 Å². The highest BCUT2D eigenvalue weighted by atomic mass is 32.1. The Labute approximate surface area is 204 Å². The number of aryl methyl sites for hydroxylation is 1. The number of rotatable bonds is 8. The first-order chi connectivity index (χ1) is 16.2. The Bertz CT molecular complexity index is 974. The van der Waals surface area contributed by atoms with Crippen molar-refractivity contribution < 1.29 is 19.1 Å². The van der Waals surface area contributed by atoms with Gasteiger partial charge >= 0.3 is 6.09 Å². The second kappa shape index (κ2) is 11.9. The highest BCUT2D eigenvalue weighted by Crippen LogP contribution is 2.23. The van der Waals surface area contributed by atoms with Crippen molar-refractivity contribution in [2.45, 2.75) is 77.4 Å². The summed E-state index contributed by atoms with van der Waals surface area (Å²) in [5.41, 5.74) is 4.33. The van der Waals surface area contributed by atoms with Crippen LogP contribution in [0.15, 0.2) is 30.0 Å². The molecule has 1 aliphatic rings. The van der Waals surface area contributed by atoms with Gasteiger partial charge in [-0.15, -0.1) is 11.3 Å². The number of amides is 3. The number of thiophene rings is 1. The van der Waals surface area contributed by atoms with E-state index in [1.54, 1.807) is 18.6 Å². The standard InChI is InChI=1S/C24H33N5O4S/c1-24(2,3)33-23(32)26-12-6-4-5-9-21(30)29(28-22(31)20-8-7-13-34-20)18-10-11-19-17(14-18)15-25-16-27-19/h7-8,13,15-16,18H,4-6,9-12,14H2,1-3H3,(H,26,32)(H,28,31). The molecule has 0 bridgehead atoms. The molecule has 2 heterocycles. The third-order valence-electron chi connectivity index (χ3n) is 5.39. The van der Waals surface area contributed by atoms with E-state index in [9.17, 15) is 14.4 Å². The summed E-state index contributed by atoms with van der Waals surface area (Å²) >= 11 is 1.34. The minimum atomic E-state index is -0.529. The van der Waals surface area contributed by atoms with Crippen molar-refractivity contribution in [3.63, 3.8) is 0 Å². The van der Waals surface area contributed by atoms with Crippen molar-refractivity contribution in [1.29, 1.82) is 0 Å². The molecule has 3 rings (SSSR count). The summed E-state index contributed by atoms with van der Waals surface area (Å²) in [4.78, 5) is 46.6. The van der Waals surface area contributed by atoms with Gasteiger partial charge in [-0.05, 0) is 69.9 Å². The number of nitrogens with one attached hydrogen (secondary N) is 2. The number of aromatic nitrogens is 2. The molecule has 34 heavy (non-hydrogen) atoms. The Hall–Kier alpha value is -3.01. The summed E-state index contributed by atoms with van der Waals surface area (Å²) in [6.07, 6.45) is 7.43. The van der Waals surface area contributed by atoms with Gasteiger partial charge in [0.15, 0.2) is 0 Å². The molecule has 2 aromatic rings. The van der Waals surface area contributed by atoms with Gasteiger partial charge in [-0.2, -0.15) is 0 Å². The Morgan fingerprint density at radius 2 is 2.06 bits per heavy atom. The number of alkyl carbamates (subject to hydrolysis) is 1. The van der Waals surface area contributed by atoms with Crippen molar-refractivity contribution in [3.8, 4) is 0 Å². The highest BCUT2D eigenvalue weighted by molar-refractivity contribution is 7.12. The fourth-order valence-electron chi connectivity index (χ4n) is 3.79. The summed E-state index contributed by atoms with van der Waals surface area (Å²) < 4.78 is 5.21. The van der Waals surface area contributed by atoms with E-state index in [0.717, 1.165) is 36.9 Å². The molecule has 1 atom stereocenters. The Balaban J connectivity index is 1.52. The van der Waals surface area contributed by atoms with Gasteiger partial charge in [0.05, 0.1) is 10.9 Å². The molecule has 0 saturated carbocycles. The second-order valence-electron chi connectivity index (χ2n) is 9.31. The molecule has 10 heteroatoms. The number of carbonyl (C=O) groups is 3. The molecule has 1 unspecified atom stereocenters. The minimum absolute atomic E-state index is 0.115. The van der Waals surface area contributed by atoms with Crippen LogP contribution in [-0.4, -0.2) is 51.1 Å². The van der Waals surface area contributed by atoms with Gasteiger partial charge in [0, 0.05) is 24.9 Å². The van der Waals surface area contributed by atoms with Crippen molar-refractivity contribution in [1.82, 2.24) is 25.7 Å². The van der Waals surface area contributed by atoms with Gasteiger partial charge < -0.3 is 10.1 Å². The van der Waals surface area contributed by atoms with Gasteiger partial charge in [0.1, 0.15) is 11.9 Å². The lowest BCUT2D eigenvalue weighted by Crippen LogP contribution is -2.53. The minimum Gasteiger partial charge on any atom is -0.444 e. The molecule has 0 spiro atoms. The van der Waals surface area contributed by atoms with Gasteiger partial charge in [-0.1, -0.05) is 12.5 Å². The molecule has 2 aromatic heterocycles. The van der Waals surface area contributed by atoms with Crippen LogP contribution in [0, 0.1) is 0 Å². The molecule has 9 nitrogen and oxygen atoms in total.